The van der Waals surface area contributed by atoms with Crippen LogP contribution < -0.4 is 0 Å². The summed E-state index contributed by atoms with van der Waals surface area (Å²) in [6, 6.07) is 6.12. The van der Waals surface area contributed by atoms with Crippen LogP contribution in [0.5, 0.6) is 0 Å². The Morgan fingerprint density at radius 2 is 1.64 bits per heavy atom. The molecule has 2 N–H and O–H groups in total. The average Bonchev–Trinajstić information content (AvgIpc) is 3.04. The van der Waals surface area contributed by atoms with Gasteiger partial charge in [0, 0.05) is 12.1 Å². The van der Waals surface area contributed by atoms with Crippen LogP contribution in [-0.2, 0) is 9.59 Å². The van der Waals surface area contributed by atoms with Crippen LogP contribution in [0.2, 0.25) is 0 Å². The lowest BCUT2D eigenvalue weighted by Crippen LogP contribution is -2.37. The van der Waals surface area contributed by atoms with Crippen molar-refractivity contribution in [1.29, 1.82) is 0 Å². The van der Waals surface area contributed by atoms with Crippen LogP contribution >= 0.6 is 0 Å². The normalized spacial score (nSPS) is 32.8. The van der Waals surface area contributed by atoms with E-state index in [4.69, 9.17) is 0 Å². The number of non-ortho nitro benzene ring substituents is 1. The summed E-state index contributed by atoms with van der Waals surface area (Å²) in [5, 5.41) is 29.3. The van der Waals surface area contributed by atoms with Gasteiger partial charge in [-0.3, -0.25) is 19.7 Å². The van der Waals surface area contributed by atoms with Gasteiger partial charge in [-0.25, -0.2) is 0 Å². The quantitative estimate of drug-likeness (QED) is 0.649. The predicted octanol–water partition coefficient (Wildman–Crippen LogP) is 2.12. The summed E-state index contributed by atoms with van der Waals surface area (Å²) in [5.74, 6) is -4.20. The third-order valence-corrected chi connectivity index (χ3v) is 5.11. The van der Waals surface area contributed by atoms with E-state index in [0.29, 0.717) is 12.8 Å². The maximum atomic E-state index is 11.5. The molecule has 0 heterocycles. The largest absolute Gasteiger partial charge is 0.481 e. The topological polar surface area (TPSA) is 118 Å². The number of carbonyl (C=O) groups is 2. The van der Waals surface area contributed by atoms with Crippen molar-refractivity contribution in [1.82, 2.24) is 0 Å². The molecule has 22 heavy (non-hydrogen) atoms. The maximum absolute atomic E-state index is 11.5. The van der Waals surface area contributed by atoms with E-state index in [9.17, 15) is 29.9 Å². The molecule has 0 saturated heterocycles. The van der Waals surface area contributed by atoms with Gasteiger partial charge in [0.15, 0.2) is 0 Å². The van der Waals surface area contributed by atoms with Crippen molar-refractivity contribution in [3.63, 3.8) is 0 Å². The number of rotatable bonds is 4. The standard InChI is InChI=1S/C15H15NO6/c17-14(18)12-8-5-10(11(6-8)13(12)15(19)20)7-1-3-9(4-2-7)16(21)22/h1-4,8,10-13H,5-6H2,(H,17,18)(H,19,20)/t8-,10+,11+,12+,13+/m0/s1. The van der Waals surface area contributed by atoms with Crippen molar-refractivity contribution in [3.8, 4) is 0 Å². The number of benzene rings is 1. The molecule has 0 amide bonds. The Morgan fingerprint density at radius 3 is 2.14 bits per heavy atom. The molecule has 7 nitrogen and oxygen atoms in total. The van der Waals surface area contributed by atoms with Crippen LogP contribution in [0.15, 0.2) is 24.3 Å². The van der Waals surface area contributed by atoms with E-state index in [1.165, 1.54) is 12.1 Å². The van der Waals surface area contributed by atoms with Crippen molar-refractivity contribution in [2.75, 3.05) is 0 Å². The molecule has 0 radical (unpaired) electrons. The van der Waals surface area contributed by atoms with Gasteiger partial charge in [-0.1, -0.05) is 12.1 Å². The second kappa shape index (κ2) is 5.08. The lowest BCUT2D eigenvalue weighted by atomic mass is 9.71. The zero-order valence-corrected chi connectivity index (χ0v) is 11.6. The molecule has 0 aromatic heterocycles. The van der Waals surface area contributed by atoms with Gasteiger partial charge in [0.1, 0.15) is 0 Å². The van der Waals surface area contributed by atoms with Crippen LogP contribution in [0.25, 0.3) is 0 Å². The summed E-state index contributed by atoms with van der Waals surface area (Å²) >= 11 is 0. The van der Waals surface area contributed by atoms with Crippen molar-refractivity contribution < 1.29 is 24.7 Å². The molecule has 1 aromatic carbocycles. The summed E-state index contributed by atoms with van der Waals surface area (Å²) in [6.45, 7) is 0. The van der Waals surface area contributed by atoms with E-state index in [1.54, 1.807) is 12.1 Å². The lowest BCUT2D eigenvalue weighted by Gasteiger charge is -2.31. The molecule has 2 saturated carbocycles. The molecule has 3 rings (SSSR count). The van der Waals surface area contributed by atoms with E-state index in [1.807, 2.05) is 0 Å². The van der Waals surface area contributed by atoms with Crippen molar-refractivity contribution in [2.24, 2.45) is 23.7 Å². The van der Waals surface area contributed by atoms with Crippen molar-refractivity contribution in [3.05, 3.63) is 39.9 Å². The number of nitrogens with zero attached hydrogens (tertiary/aromatic N) is 1. The fraction of sp³-hybridized carbons (Fsp3) is 0.467. The van der Waals surface area contributed by atoms with Crippen LogP contribution in [-0.4, -0.2) is 27.1 Å². The van der Waals surface area contributed by atoms with E-state index in [-0.39, 0.29) is 23.4 Å². The first kappa shape index (κ1) is 14.5. The smallest absolute Gasteiger partial charge is 0.307 e. The highest BCUT2D eigenvalue weighted by atomic mass is 16.6. The first-order valence-corrected chi connectivity index (χ1v) is 7.10. The maximum Gasteiger partial charge on any atom is 0.307 e. The molecule has 2 bridgehead atoms. The first-order valence-electron chi connectivity index (χ1n) is 7.10. The second-order valence-corrected chi connectivity index (χ2v) is 6.08. The van der Waals surface area contributed by atoms with Gasteiger partial charge in [-0.2, -0.15) is 0 Å². The zero-order valence-electron chi connectivity index (χ0n) is 11.6. The molecule has 7 heteroatoms. The molecule has 116 valence electrons. The fourth-order valence-corrected chi connectivity index (χ4v) is 4.28. The molecular weight excluding hydrogens is 290 g/mol. The number of carboxylic acid groups (broad SMARTS) is 2. The number of carboxylic acids is 2. The number of hydrogen-bond acceptors (Lipinski definition) is 4. The van der Waals surface area contributed by atoms with Gasteiger partial charge < -0.3 is 10.2 Å². The van der Waals surface area contributed by atoms with E-state index >= 15 is 0 Å². The molecule has 0 unspecified atom stereocenters. The van der Waals surface area contributed by atoms with Crippen molar-refractivity contribution in [2.45, 2.75) is 18.8 Å². The Hall–Kier alpha value is -2.44. The fourth-order valence-electron chi connectivity index (χ4n) is 4.28. The summed E-state index contributed by atoms with van der Waals surface area (Å²) in [4.78, 5) is 33.0. The molecular formula is C15H15NO6. The third-order valence-electron chi connectivity index (χ3n) is 5.11. The van der Waals surface area contributed by atoms with Gasteiger partial charge in [0.25, 0.3) is 5.69 Å². The van der Waals surface area contributed by atoms with Gasteiger partial charge in [-0.05, 0) is 36.2 Å². The molecule has 2 aliphatic rings. The number of nitro benzene ring substituents is 1. The summed E-state index contributed by atoms with van der Waals surface area (Å²) in [7, 11) is 0. The van der Waals surface area contributed by atoms with Gasteiger partial charge in [0.05, 0.1) is 16.8 Å². The highest BCUT2D eigenvalue weighted by Crippen LogP contribution is 2.58. The minimum Gasteiger partial charge on any atom is -0.481 e. The van der Waals surface area contributed by atoms with Gasteiger partial charge >= 0.3 is 11.9 Å². The molecule has 0 spiro atoms. The molecule has 0 aliphatic heterocycles. The SMILES string of the molecule is O=C(O)[C@@H]1[C@@H]2C[C@@H]([C@H]1C(=O)O)[C@@H](c1ccc([N+](=O)[O-])cc1)C2. The minimum atomic E-state index is -1.06. The molecule has 5 atom stereocenters. The van der Waals surface area contributed by atoms with Crippen LogP contribution in [0.3, 0.4) is 0 Å². The Kier molecular flexibility index (Phi) is 3.35. The van der Waals surface area contributed by atoms with Crippen LogP contribution in [0, 0.1) is 33.8 Å². The highest BCUT2D eigenvalue weighted by molar-refractivity contribution is 5.82. The predicted molar refractivity (Wildman–Crippen MR) is 74.3 cm³/mol. The lowest BCUT2D eigenvalue weighted by molar-refractivity contribution is -0.384. The third kappa shape index (κ3) is 2.13. The minimum absolute atomic E-state index is 0.00916. The monoisotopic (exact) mass is 305 g/mol. The summed E-state index contributed by atoms with van der Waals surface area (Å²) < 4.78 is 0. The van der Waals surface area contributed by atoms with E-state index in [2.05, 4.69) is 0 Å². The molecule has 1 aromatic rings. The van der Waals surface area contributed by atoms with E-state index < -0.39 is 28.7 Å². The van der Waals surface area contributed by atoms with Gasteiger partial charge in [-0.15, -0.1) is 0 Å². The number of aliphatic carboxylic acids is 2. The number of nitro groups is 1. The highest BCUT2D eigenvalue weighted by Gasteiger charge is 2.58. The summed E-state index contributed by atoms with van der Waals surface area (Å²) in [6.07, 6.45) is 1.22. The second-order valence-electron chi connectivity index (χ2n) is 6.08. The molecule has 2 aliphatic carbocycles. The Labute approximate surface area is 125 Å². The molecule has 2 fully saturated rings. The van der Waals surface area contributed by atoms with Crippen LogP contribution in [0.1, 0.15) is 24.3 Å². The van der Waals surface area contributed by atoms with Crippen molar-refractivity contribution >= 4 is 17.6 Å². The van der Waals surface area contributed by atoms with E-state index in [0.717, 1.165) is 5.56 Å². The van der Waals surface area contributed by atoms with Gasteiger partial charge in [0.2, 0.25) is 0 Å². The number of hydrogen-bond donors (Lipinski definition) is 2. The van der Waals surface area contributed by atoms with Crippen LogP contribution in [0.4, 0.5) is 5.69 Å². The Balaban J connectivity index is 1.88. The Morgan fingerprint density at radius 1 is 1.05 bits per heavy atom. The zero-order chi connectivity index (χ0) is 16.0. The first-order chi connectivity index (χ1) is 10.4. The Bertz CT molecular complexity index is 640. The summed E-state index contributed by atoms with van der Waals surface area (Å²) in [5.41, 5.74) is 0.846. The average molecular weight is 305 g/mol. The number of fused-ring (bicyclic) bond motifs is 2.